The number of carbonyl (C=O) groups is 1. The molecule has 0 N–H and O–H groups in total. The van der Waals surface area contributed by atoms with Crippen LogP contribution in [0.25, 0.3) is 0 Å². The minimum atomic E-state index is 0.383. The maximum atomic E-state index is 12.1. The van der Waals surface area contributed by atoms with E-state index in [-0.39, 0.29) is 0 Å². The summed E-state index contributed by atoms with van der Waals surface area (Å²) in [6, 6.07) is 0. The summed E-state index contributed by atoms with van der Waals surface area (Å²) in [5.74, 6) is 2.04. The number of rotatable bonds is 4. The predicted octanol–water partition coefficient (Wildman–Crippen LogP) is 2.37. The zero-order chi connectivity index (χ0) is 13.0. The fraction of sp³-hybridized carbons (Fsp3) is 0.933. The highest BCUT2D eigenvalue weighted by molar-refractivity contribution is 5.76. The van der Waals surface area contributed by atoms with Gasteiger partial charge in [-0.15, -0.1) is 0 Å². The lowest BCUT2D eigenvalue weighted by molar-refractivity contribution is -0.132. The molecule has 1 atom stereocenters. The molecule has 0 aromatic heterocycles. The van der Waals surface area contributed by atoms with E-state index in [9.17, 15) is 4.79 Å². The van der Waals surface area contributed by atoms with Crippen molar-refractivity contribution in [3.63, 3.8) is 0 Å². The Morgan fingerprint density at radius 2 is 1.72 bits per heavy atom. The van der Waals surface area contributed by atoms with Gasteiger partial charge in [0.2, 0.25) is 5.91 Å². The maximum Gasteiger partial charge on any atom is 0.222 e. The molecule has 2 aliphatic rings. The molecule has 0 aromatic carbocycles. The second-order valence-corrected chi connectivity index (χ2v) is 6.36. The van der Waals surface area contributed by atoms with Crippen molar-refractivity contribution in [2.24, 2.45) is 11.8 Å². The fourth-order valence-corrected chi connectivity index (χ4v) is 3.10. The van der Waals surface area contributed by atoms with Crippen molar-refractivity contribution in [3.05, 3.63) is 0 Å². The first-order valence-electron chi connectivity index (χ1n) is 7.65. The molecule has 2 aliphatic heterocycles. The zero-order valence-corrected chi connectivity index (χ0v) is 12.0. The van der Waals surface area contributed by atoms with Crippen molar-refractivity contribution in [3.8, 4) is 0 Å². The van der Waals surface area contributed by atoms with E-state index >= 15 is 0 Å². The van der Waals surface area contributed by atoms with Gasteiger partial charge >= 0.3 is 0 Å². The van der Waals surface area contributed by atoms with Crippen molar-refractivity contribution in [1.29, 1.82) is 0 Å². The van der Waals surface area contributed by atoms with Crippen LogP contribution in [0.3, 0.4) is 0 Å². The third kappa shape index (κ3) is 3.98. The first-order valence-corrected chi connectivity index (χ1v) is 7.65. The molecule has 3 nitrogen and oxygen atoms in total. The van der Waals surface area contributed by atoms with Crippen LogP contribution in [-0.4, -0.2) is 48.4 Å². The summed E-state index contributed by atoms with van der Waals surface area (Å²) in [6.45, 7) is 10.2. The van der Waals surface area contributed by atoms with Gasteiger partial charge in [0.15, 0.2) is 0 Å². The summed E-state index contributed by atoms with van der Waals surface area (Å²) < 4.78 is 0. The Morgan fingerprint density at radius 3 is 2.33 bits per heavy atom. The SMILES string of the molecule is CC1CCN(C(=O)CCCN2CCC(C)C2)CC1. The van der Waals surface area contributed by atoms with Crippen LogP contribution in [0.4, 0.5) is 0 Å². The Hall–Kier alpha value is -0.570. The van der Waals surface area contributed by atoms with Crippen LogP contribution < -0.4 is 0 Å². The normalized spacial score (nSPS) is 26.8. The molecular formula is C15H28N2O. The van der Waals surface area contributed by atoms with E-state index in [4.69, 9.17) is 0 Å². The third-order valence-corrected chi connectivity index (χ3v) is 4.51. The van der Waals surface area contributed by atoms with Crippen LogP contribution in [0.1, 0.15) is 46.0 Å². The molecule has 0 saturated carbocycles. The first kappa shape index (κ1) is 13.9. The fourth-order valence-electron chi connectivity index (χ4n) is 3.10. The lowest BCUT2D eigenvalue weighted by atomic mass is 9.99. The second-order valence-electron chi connectivity index (χ2n) is 6.36. The van der Waals surface area contributed by atoms with Gasteiger partial charge in [0.05, 0.1) is 0 Å². The Bertz CT molecular complexity index is 272. The minimum absolute atomic E-state index is 0.383. The summed E-state index contributed by atoms with van der Waals surface area (Å²) in [4.78, 5) is 16.6. The highest BCUT2D eigenvalue weighted by Crippen LogP contribution is 2.18. The Kier molecular flexibility index (Phi) is 5.04. The van der Waals surface area contributed by atoms with Crippen LogP contribution in [-0.2, 0) is 4.79 Å². The Balaban J connectivity index is 1.60. The van der Waals surface area contributed by atoms with E-state index in [0.717, 1.165) is 44.3 Å². The summed E-state index contributed by atoms with van der Waals surface area (Å²) in [7, 11) is 0. The zero-order valence-electron chi connectivity index (χ0n) is 12.0. The van der Waals surface area contributed by atoms with Crippen LogP contribution in [0.2, 0.25) is 0 Å². The topological polar surface area (TPSA) is 23.6 Å². The van der Waals surface area contributed by atoms with E-state index in [0.29, 0.717) is 5.91 Å². The molecule has 0 radical (unpaired) electrons. The van der Waals surface area contributed by atoms with E-state index in [1.54, 1.807) is 0 Å². The van der Waals surface area contributed by atoms with E-state index < -0.39 is 0 Å². The van der Waals surface area contributed by atoms with Crippen molar-refractivity contribution >= 4 is 5.91 Å². The van der Waals surface area contributed by atoms with Crippen LogP contribution >= 0.6 is 0 Å². The van der Waals surface area contributed by atoms with E-state index in [2.05, 4.69) is 23.6 Å². The molecule has 104 valence electrons. The molecule has 18 heavy (non-hydrogen) atoms. The van der Waals surface area contributed by atoms with Gasteiger partial charge in [-0.25, -0.2) is 0 Å². The Labute approximate surface area is 112 Å². The van der Waals surface area contributed by atoms with Crippen molar-refractivity contribution in [1.82, 2.24) is 9.80 Å². The first-order chi connectivity index (χ1) is 8.65. The molecule has 2 rings (SSSR count). The second kappa shape index (κ2) is 6.55. The van der Waals surface area contributed by atoms with Gasteiger partial charge in [0.25, 0.3) is 0 Å². The van der Waals surface area contributed by atoms with Gasteiger partial charge in [-0.1, -0.05) is 13.8 Å². The van der Waals surface area contributed by atoms with Gasteiger partial charge in [0, 0.05) is 26.1 Å². The number of piperidine rings is 1. The molecule has 2 heterocycles. The number of hydrogen-bond donors (Lipinski definition) is 0. The molecule has 2 saturated heterocycles. The molecule has 0 aromatic rings. The van der Waals surface area contributed by atoms with Gasteiger partial charge < -0.3 is 9.80 Å². The summed E-state index contributed by atoms with van der Waals surface area (Å²) >= 11 is 0. The minimum Gasteiger partial charge on any atom is -0.343 e. The van der Waals surface area contributed by atoms with Gasteiger partial charge in [-0.3, -0.25) is 4.79 Å². The lowest BCUT2D eigenvalue weighted by Crippen LogP contribution is -2.38. The smallest absolute Gasteiger partial charge is 0.222 e. The number of amides is 1. The molecule has 1 unspecified atom stereocenters. The van der Waals surface area contributed by atoms with Gasteiger partial charge in [0.1, 0.15) is 0 Å². The predicted molar refractivity (Wildman–Crippen MR) is 74.4 cm³/mol. The van der Waals surface area contributed by atoms with Crippen LogP contribution in [0, 0.1) is 11.8 Å². The molecule has 0 aliphatic carbocycles. The molecule has 2 fully saturated rings. The summed E-state index contributed by atoms with van der Waals surface area (Å²) in [6.07, 6.45) is 5.50. The number of likely N-dealkylation sites (tertiary alicyclic amines) is 2. The highest BCUT2D eigenvalue weighted by atomic mass is 16.2. The molecule has 1 amide bonds. The number of carbonyl (C=O) groups excluding carboxylic acids is 1. The monoisotopic (exact) mass is 252 g/mol. The summed E-state index contributed by atoms with van der Waals surface area (Å²) in [5.41, 5.74) is 0. The average Bonchev–Trinajstić information content (AvgIpc) is 2.76. The van der Waals surface area contributed by atoms with Crippen molar-refractivity contribution < 1.29 is 4.79 Å². The Morgan fingerprint density at radius 1 is 1.06 bits per heavy atom. The number of hydrogen-bond acceptors (Lipinski definition) is 2. The quantitative estimate of drug-likeness (QED) is 0.767. The highest BCUT2D eigenvalue weighted by Gasteiger charge is 2.21. The van der Waals surface area contributed by atoms with Gasteiger partial charge in [-0.2, -0.15) is 0 Å². The van der Waals surface area contributed by atoms with E-state index in [1.165, 1.54) is 32.4 Å². The molecule has 0 spiro atoms. The van der Waals surface area contributed by atoms with E-state index in [1.807, 2.05) is 0 Å². The lowest BCUT2D eigenvalue weighted by Gasteiger charge is -2.30. The average molecular weight is 252 g/mol. The van der Waals surface area contributed by atoms with Crippen molar-refractivity contribution in [2.45, 2.75) is 46.0 Å². The van der Waals surface area contributed by atoms with Crippen LogP contribution in [0.15, 0.2) is 0 Å². The maximum absolute atomic E-state index is 12.1. The molecular weight excluding hydrogens is 224 g/mol. The summed E-state index contributed by atoms with van der Waals surface area (Å²) in [5, 5.41) is 0. The molecule has 0 bridgehead atoms. The van der Waals surface area contributed by atoms with Crippen molar-refractivity contribution in [2.75, 3.05) is 32.7 Å². The number of nitrogens with zero attached hydrogens (tertiary/aromatic N) is 2. The third-order valence-electron chi connectivity index (χ3n) is 4.51. The molecule has 3 heteroatoms. The largest absolute Gasteiger partial charge is 0.343 e. The van der Waals surface area contributed by atoms with Crippen LogP contribution in [0.5, 0.6) is 0 Å². The van der Waals surface area contributed by atoms with Gasteiger partial charge in [-0.05, 0) is 50.6 Å². The standard InChI is InChI=1S/C15H28N2O/c1-13-6-10-17(11-7-13)15(18)4-3-8-16-9-5-14(2)12-16/h13-14H,3-12H2,1-2H3.